The minimum absolute atomic E-state index is 0.0355. The van der Waals surface area contributed by atoms with Gasteiger partial charge in [0.1, 0.15) is 5.69 Å². The van der Waals surface area contributed by atoms with E-state index in [4.69, 9.17) is 0 Å². The van der Waals surface area contributed by atoms with Crippen molar-refractivity contribution in [3.63, 3.8) is 0 Å². The highest BCUT2D eigenvalue weighted by Gasteiger charge is 2.50. The van der Waals surface area contributed by atoms with Gasteiger partial charge in [0.2, 0.25) is 0 Å². The maximum atomic E-state index is 12.8. The van der Waals surface area contributed by atoms with Crippen LogP contribution in [0.15, 0.2) is 64.1 Å². The van der Waals surface area contributed by atoms with Crippen LogP contribution in [0.5, 0.6) is 0 Å². The Kier molecular flexibility index (Phi) is 5.90. The molecule has 34 heavy (non-hydrogen) atoms. The van der Waals surface area contributed by atoms with Crippen molar-refractivity contribution in [1.82, 2.24) is 0 Å². The van der Waals surface area contributed by atoms with Gasteiger partial charge in [0.25, 0.3) is 15.7 Å². The molecule has 1 saturated carbocycles. The van der Waals surface area contributed by atoms with Gasteiger partial charge in [-0.1, -0.05) is 32.1 Å². The number of hydrogen-bond acceptors (Lipinski definition) is 7. The van der Waals surface area contributed by atoms with E-state index in [-0.39, 0.29) is 27.2 Å². The third-order valence-corrected chi connectivity index (χ3v) is 8.15. The van der Waals surface area contributed by atoms with Crippen LogP contribution in [0, 0.1) is 27.4 Å². The van der Waals surface area contributed by atoms with Crippen LogP contribution in [0.4, 0.5) is 17.1 Å². The molecule has 10 nitrogen and oxygen atoms in total. The first kappa shape index (κ1) is 23.4. The lowest BCUT2D eigenvalue weighted by molar-refractivity contribution is -0.384. The summed E-state index contributed by atoms with van der Waals surface area (Å²) in [6, 6.07) is 8.84. The van der Waals surface area contributed by atoms with Gasteiger partial charge < -0.3 is 5.11 Å². The predicted molar refractivity (Wildman–Crippen MR) is 127 cm³/mol. The van der Waals surface area contributed by atoms with Gasteiger partial charge in [-0.25, -0.2) is 13.2 Å². The van der Waals surface area contributed by atoms with Gasteiger partial charge >= 0.3 is 5.97 Å². The van der Waals surface area contributed by atoms with Crippen LogP contribution in [-0.4, -0.2) is 30.6 Å². The number of hydrogen-bond donors (Lipinski definition) is 3. The number of nitrogens with zero attached hydrogens (tertiary/aromatic N) is 2. The maximum absolute atomic E-state index is 12.8. The largest absolute Gasteiger partial charge is 0.478 e. The third-order valence-electron chi connectivity index (χ3n) is 6.79. The number of fused-ring (bicyclic) bond motifs is 1. The van der Waals surface area contributed by atoms with Crippen LogP contribution in [0.25, 0.3) is 0 Å². The number of sulfonamides is 1. The molecule has 11 heteroatoms. The summed E-state index contributed by atoms with van der Waals surface area (Å²) in [5.74, 6) is -0.232. The number of benzene rings is 2. The number of nitro benzene ring substituents is 1. The second kappa shape index (κ2) is 8.56. The Labute approximate surface area is 196 Å². The van der Waals surface area contributed by atoms with Crippen molar-refractivity contribution in [3.05, 3.63) is 69.8 Å². The van der Waals surface area contributed by atoms with Crippen LogP contribution >= 0.6 is 0 Å². The maximum Gasteiger partial charge on any atom is 0.337 e. The number of carbonyl (C=O) groups is 1. The average molecular weight is 485 g/mol. The molecule has 0 spiro atoms. The molecule has 5 rings (SSSR count). The number of hydrazone groups is 1. The molecule has 2 bridgehead atoms. The van der Waals surface area contributed by atoms with Gasteiger partial charge in [0.05, 0.1) is 27.3 Å². The number of aromatic carboxylic acids is 1. The smallest absolute Gasteiger partial charge is 0.337 e. The minimum Gasteiger partial charge on any atom is -0.478 e. The molecular weight excluding hydrogens is 460 g/mol. The Balaban J connectivity index is 1.55. The lowest BCUT2D eigenvalue weighted by atomic mass is 9.49. The Morgan fingerprint density at radius 2 is 1.97 bits per heavy atom. The van der Waals surface area contributed by atoms with E-state index in [1.165, 1.54) is 36.4 Å². The summed E-state index contributed by atoms with van der Waals surface area (Å²) in [5, 5.41) is 25.0. The summed E-state index contributed by atoms with van der Waals surface area (Å²) in [6.07, 6.45) is 5.89. The summed E-state index contributed by atoms with van der Waals surface area (Å²) in [4.78, 5) is 21.9. The first-order valence-electron chi connectivity index (χ1n) is 10.6. The van der Waals surface area contributed by atoms with Gasteiger partial charge in [0, 0.05) is 6.07 Å². The van der Waals surface area contributed by atoms with E-state index < -0.39 is 26.6 Å². The van der Waals surface area contributed by atoms with E-state index in [1.54, 1.807) is 6.21 Å². The molecule has 3 aliphatic carbocycles. The molecular formula is C23H24N4O6S. The second-order valence-electron chi connectivity index (χ2n) is 9.01. The van der Waals surface area contributed by atoms with Crippen LogP contribution in [0.2, 0.25) is 0 Å². The van der Waals surface area contributed by atoms with Crippen molar-refractivity contribution in [2.75, 3.05) is 10.1 Å². The van der Waals surface area contributed by atoms with Gasteiger partial charge in [-0.05, 0) is 59.9 Å². The molecule has 3 N–H and O–H groups in total. The van der Waals surface area contributed by atoms with Crippen molar-refractivity contribution in [2.45, 2.75) is 31.6 Å². The van der Waals surface area contributed by atoms with E-state index in [0.29, 0.717) is 11.8 Å². The van der Waals surface area contributed by atoms with Gasteiger partial charge in [-0.3, -0.25) is 20.3 Å². The Bertz CT molecular complexity index is 1330. The topological polar surface area (TPSA) is 151 Å². The molecule has 2 aromatic carbocycles. The number of rotatable bonds is 8. The number of nitrogens with one attached hydrogen (secondary N) is 2. The van der Waals surface area contributed by atoms with Crippen molar-refractivity contribution in [2.24, 2.45) is 22.4 Å². The lowest BCUT2D eigenvalue weighted by Crippen LogP contribution is -2.48. The quantitative estimate of drug-likeness (QED) is 0.284. The van der Waals surface area contributed by atoms with Crippen LogP contribution in [0.1, 0.15) is 37.0 Å². The molecule has 1 fully saturated rings. The van der Waals surface area contributed by atoms with E-state index in [9.17, 15) is 28.4 Å². The number of nitro groups is 1. The minimum atomic E-state index is -4.29. The lowest BCUT2D eigenvalue weighted by Gasteiger charge is -2.55. The number of anilines is 2. The summed E-state index contributed by atoms with van der Waals surface area (Å²) in [6.45, 7) is 4.46. The van der Waals surface area contributed by atoms with Crippen LogP contribution in [-0.2, 0) is 10.0 Å². The first-order chi connectivity index (χ1) is 16.0. The summed E-state index contributed by atoms with van der Waals surface area (Å²) in [7, 11) is -4.29. The average Bonchev–Trinajstić information content (AvgIpc) is 2.79. The molecule has 0 amide bonds. The number of carboxylic acids is 1. The van der Waals surface area contributed by atoms with Crippen molar-refractivity contribution >= 4 is 39.3 Å². The SMILES string of the molecule is CC1(C)C2CC=C(/C=N/Nc3ccc(S(=O)(=O)Nc4ccccc4C(=O)O)cc3[N+](=O)[O-])C1C2. The molecule has 178 valence electrons. The zero-order valence-corrected chi connectivity index (χ0v) is 19.4. The van der Waals surface area contributed by atoms with Gasteiger partial charge in [-0.2, -0.15) is 5.10 Å². The predicted octanol–water partition coefficient (Wildman–Crippen LogP) is 4.48. The molecule has 3 aliphatic rings. The highest BCUT2D eigenvalue weighted by molar-refractivity contribution is 7.92. The third kappa shape index (κ3) is 4.26. The fraction of sp³-hybridized carbons (Fsp3) is 0.304. The van der Waals surface area contributed by atoms with Crippen molar-refractivity contribution in [1.29, 1.82) is 0 Å². The number of carboxylic acid groups (broad SMARTS) is 1. The molecule has 0 aromatic heterocycles. The van der Waals surface area contributed by atoms with E-state index >= 15 is 0 Å². The Morgan fingerprint density at radius 1 is 1.24 bits per heavy atom. The Hall–Kier alpha value is -3.73. The molecule has 2 atom stereocenters. The zero-order chi connectivity index (χ0) is 24.7. The van der Waals surface area contributed by atoms with Crippen LogP contribution < -0.4 is 10.1 Å². The van der Waals surface area contributed by atoms with E-state index in [0.717, 1.165) is 24.5 Å². The Morgan fingerprint density at radius 3 is 2.62 bits per heavy atom. The first-order valence-corrected chi connectivity index (χ1v) is 12.1. The summed E-state index contributed by atoms with van der Waals surface area (Å²) < 4.78 is 27.8. The van der Waals surface area contributed by atoms with Crippen LogP contribution in [0.3, 0.4) is 0 Å². The fourth-order valence-corrected chi connectivity index (χ4v) is 5.71. The standard InChI is InChI=1S/C23H24N4O6S/c1-23(2)15-8-7-14(18(23)11-15)13-24-25-20-10-9-16(12-21(20)27(30)31)34(32,33)26-19-6-4-3-5-17(19)22(28)29/h3-7,9-10,12-13,15,18,25-26H,8,11H2,1-2H3,(H,28,29)/b24-13+. The molecule has 0 aliphatic heterocycles. The molecule has 0 saturated heterocycles. The monoisotopic (exact) mass is 484 g/mol. The highest BCUT2D eigenvalue weighted by atomic mass is 32.2. The van der Waals surface area contributed by atoms with Gasteiger partial charge in [0.15, 0.2) is 0 Å². The molecule has 2 aromatic rings. The summed E-state index contributed by atoms with van der Waals surface area (Å²) in [5.41, 5.74) is 3.12. The highest BCUT2D eigenvalue weighted by Crippen LogP contribution is 2.58. The fourth-order valence-electron chi connectivity index (χ4n) is 4.61. The second-order valence-corrected chi connectivity index (χ2v) is 10.7. The van der Waals surface area contributed by atoms with E-state index in [2.05, 4.69) is 35.2 Å². The van der Waals surface area contributed by atoms with Crippen molar-refractivity contribution < 1.29 is 23.2 Å². The van der Waals surface area contributed by atoms with Crippen molar-refractivity contribution in [3.8, 4) is 0 Å². The molecule has 2 unspecified atom stereocenters. The van der Waals surface area contributed by atoms with E-state index in [1.807, 2.05) is 0 Å². The number of allylic oxidation sites excluding steroid dienone is 2. The van der Waals surface area contributed by atoms with Gasteiger partial charge in [-0.15, -0.1) is 0 Å². The molecule has 0 heterocycles. The summed E-state index contributed by atoms with van der Waals surface area (Å²) >= 11 is 0. The molecule has 0 radical (unpaired) electrons. The normalized spacial score (nSPS) is 20.8. The number of para-hydroxylation sites is 1. The zero-order valence-electron chi connectivity index (χ0n) is 18.6.